The number of ether oxygens (including phenoxy) is 1. The first-order chi connectivity index (χ1) is 13.4. The van der Waals surface area contributed by atoms with E-state index in [0.717, 1.165) is 17.7 Å². The van der Waals surface area contributed by atoms with Gasteiger partial charge in [-0.3, -0.25) is 20.4 Å². The first-order valence-corrected chi connectivity index (χ1v) is 9.49. The molecule has 2 heterocycles. The van der Waals surface area contributed by atoms with Crippen LogP contribution < -0.4 is 16.4 Å². The number of aromatic nitrogens is 1. The fraction of sp³-hybridized carbons (Fsp3) is 0.450. The minimum atomic E-state index is -0.395. The van der Waals surface area contributed by atoms with Gasteiger partial charge in [-0.1, -0.05) is 18.2 Å². The smallest absolute Gasteiger partial charge is 0.269 e. The Morgan fingerprint density at radius 3 is 2.64 bits per heavy atom. The van der Waals surface area contributed by atoms with E-state index in [1.165, 1.54) is 12.1 Å². The number of pyridine rings is 1. The Balaban J connectivity index is 1.40. The summed E-state index contributed by atoms with van der Waals surface area (Å²) in [6.07, 6.45) is 2.53. The highest BCUT2D eigenvalue weighted by molar-refractivity contribution is 5.34. The number of hydrogen-bond donors (Lipinski definition) is 3. The van der Waals surface area contributed by atoms with Gasteiger partial charge in [0.2, 0.25) is 0 Å². The van der Waals surface area contributed by atoms with Crippen molar-refractivity contribution in [1.29, 1.82) is 0 Å². The number of rotatable bonds is 10. The van der Waals surface area contributed by atoms with E-state index >= 15 is 0 Å². The second kappa shape index (κ2) is 9.20. The third kappa shape index (κ3) is 5.56. The molecule has 4 N–H and O–H groups in total. The van der Waals surface area contributed by atoms with Gasteiger partial charge in [0, 0.05) is 55.1 Å². The van der Waals surface area contributed by atoms with E-state index in [1.807, 2.05) is 25.1 Å². The molecule has 28 heavy (non-hydrogen) atoms. The Kier molecular flexibility index (Phi) is 6.69. The van der Waals surface area contributed by atoms with Crippen LogP contribution >= 0.6 is 0 Å². The Hall–Kier alpha value is -2.39. The Morgan fingerprint density at radius 1 is 1.25 bits per heavy atom. The normalized spacial score (nSPS) is 21.7. The summed E-state index contributed by atoms with van der Waals surface area (Å²) < 4.78 is 5.75. The third-order valence-corrected chi connectivity index (χ3v) is 4.94. The van der Waals surface area contributed by atoms with E-state index in [9.17, 15) is 10.1 Å². The van der Waals surface area contributed by atoms with Crippen molar-refractivity contribution in [2.75, 3.05) is 6.54 Å². The predicted molar refractivity (Wildman–Crippen MR) is 107 cm³/mol. The zero-order chi connectivity index (χ0) is 20.1. The molecule has 8 nitrogen and oxygen atoms in total. The summed E-state index contributed by atoms with van der Waals surface area (Å²) in [5.41, 5.74) is 8.26. The van der Waals surface area contributed by atoms with Crippen LogP contribution in [0.5, 0.6) is 0 Å². The number of nitrogens with one attached hydrogen (secondary N) is 2. The number of epoxide rings is 1. The molecule has 0 amide bonds. The second-order valence-electron chi connectivity index (χ2n) is 7.24. The number of benzene rings is 1. The van der Waals surface area contributed by atoms with Crippen molar-refractivity contribution in [3.63, 3.8) is 0 Å². The highest BCUT2D eigenvalue weighted by atomic mass is 16.6. The molecule has 1 fully saturated rings. The fourth-order valence-electron chi connectivity index (χ4n) is 3.18. The lowest BCUT2D eigenvalue weighted by atomic mass is 10.1. The molecule has 8 heteroatoms. The van der Waals surface area contributed by atoms with Crippen LogP contribution in [0.2, 0.25) is 0 Å². The summed E-state index contributed by atoms with van der Waals surface area (Å²) in [6, 6.07) is 12.6. The minimum Gasteiger partial charge on any atom is -0.352 e. The van der Waals surface area contributed by atoms with Gasteiger partial charge in [-0.25, -0.2) is 0 Å². The molecule has 0 spiro atoms. The van der Waals surface area contributed by atoms with Crippen LogP contribution in [-0.2, 0) is 11.2 Å². The molecule has 1 aliphatic heterocycles. The van der Waals surface area contributed by atoms with Crippen LogP contribution in [0.25, 0.3) is 0 Å². The second-order valence-corrected chi connectivity index (χ2v) is 7.24. The van der Waals surface area contributed by atoms with Crippen molar-refractivity contribution >= 4 is 5.69 Å². The molecule has 3 rings (SSSR count). The molecule has 150 valence electrons. The molecule has 2 unspecified atom stereocenters. The summed E-state index contributed by atoms with van der Waals surface area (Å²) in [6.45, 7) is 4.78. The lowest BCUT2D eigenvalue weighted by molar-refractivity contribution is -0.384. The van der Waals surface area contributed by atoms with Gasteiger partial charge in [0.05, 0.1) is 4.92 Å². The minimum absolute atomic E-state index is 0.0125. The number of nitrogens with zero attached hydrogens (tertiary/aromatic N) is 2. The zero-order valence-electron chi connectivity index (χ0n) is 16.1. The topological polar surface area (TPSA) is 119 Å². The van der Waals surface area contributed by atoms with Gasteiger partial charge in [-0.05, 0) is 31.5 Å². The van der Waals surface area contributed by atoms with Crippen LogP contribution in [0.3, 0.4) is 0 Å². The van der Waals surface area contributed by atoms with Crippen molar-refractivity contribution in [2.24, 2.45) is 5.73 Å². The molecular formula is C20H27N5O3. The third-order valence-electron chi connectivity index (χ3n) is 4.94. The van der Waals surface area contributed by atoms with Crippen LogP contribution in [0, 0.1) is 10.1 Å². The van der Waals surface area contributed by atoms with Crippen LogP contribution in [-0.4, -0.2) is 40.9 Å². The largest absolute Gasteiger partial charge is 0.352 e. The van der Waals surface area contributed by atoms with Crippen molar-refractivity contribution in [3.05, 3.63) is 70.0 Å². The lowest BCUT2D eigenvalue weighted by Crippen LogP contribution is -2.43. The van der Waals surface area contributed by atoms with E-state index in [2.05, 4.69) is 22.5 Å². The molecule has 0 aliphatic carbocycles. The van der Waals surface area contributed by atoms with Gasteiger partial charge in [-0.2, -0.15) is 0 Å². The maximum Gasteiger partial charge on any atom is 0.269 e. The average Bonchev–Trinajstić information content (AvgIpc) is 3.46. The zero-order valence-corrected chi connectivity index (χ0v) is 16.1. The molecule has 0 saturated carbocycles. The van der Waals surface area contributed by atoms with Gasteiger partial charge in [0.25, 0.3) is 5.69 Å². The summed E-state index contributed by atoms with van der Waals surface area (Å²) in [4.78, 5) is 14.7. The molecular weight excluding hydrogens is 358 g/mol. The lowest BCUT2D eigenvalue weighted by Gasteiger charge is -2.17. The maximum atomic E-state index is 10.8. The van der Waals surface area contributed by atoms with E-state index in [0.29, 0.717) is 6.54 Å². The molecule has 0 bridgehead atoms. The number of nitro groups is 1. The van der Waals surface area contributed by atoms with Gasteiger partial charge >= 0.3 is 0 Å². The molecule has 1 aromatic heterocycles. The number of non-ortho nitro benzene ring substituents is 1. The summed E-state index contributed by atoms with van der Waals surface area (Å²) in [5.74, 6) is 0. The summed E-state index contributed by atoms with van der Waals surface area (Å²) >= 11 is 0. The average molecular weight is 385 g/mol. The Bertz CT molecular complexity index is 771. The van der Waals surface area contributed by atoms with E-state index in [4.69, 9.17) is 10.5 Å². The first kappa shape index (κ1) is 20.3. The summed E-state index contributed by atoms with van der Waals surface area (Å²) in [7, 11) is 0. The standard InChI is InChI=1S/C20H27N5O3/c1-13(15-6-8-18(9-7-15)25(26)27)24-20-19(28-20)14(2)23-12-16(21)11-17-5-3-4-10-22-17/h3-10,13-14,16,19-20,23-24H,11-12,21H2,1-2H3/t13-,14+,16+,19?,20?/m1/s1. The SMILES string of the molecule is C[C@H](NC[C@@H](N)Cc1ccccn1)C1OC1N[C@H](C)c1ccc([N+](=O)[O-])cc1. The quantitative estimate of drug-likeness (QED) is 0.325. The van der Waals surface area contributed by atoms with E-state index in [1.54, 1.807) is 18.3 Å². The highest BCUT2D eigenvalue weighted by Crippen LogP contribution is 2.27. The number of nitro benzene ring substituents is 1. The highest BCUT2D eigenvalue weighted by Gasteiger charge is 2.43. The van der Waals surface area contributed by atoms with Crippen molar-refractivity contribution in [2.45, 2.75) is 50.7 Å². The monoisotopic (exact) mass is 385 g/mol. The number of hydrogen-bond acceptors (Lipinski definition) is 7. The number of nitrogens with two attached hydrogens (primary N) is 1. The molecule has 5 atom stereocenters. The van der Waals surface area contributed by atoms with E-state index < -0.39 is 4.92 Å². The summed E-state index contributed by atoms with van der Waals surface area (Å²) in [5, 5.41) is 17.6. The van der Waals surface area contributed by atoms with Gasteiger partial charge < -0.3 is 15.8 Å². The maximum absolute atomic E-state index is 10.8. The fourth-order valence-corrected chi connectivity index (χ4v) is 3.18. The molecule has 2 aromatic rings. The van der Waals surface area contributed by atoms with E-state index in [-0.39, 0.29) is 36.1 Å². The predicted octanol–water partition coefficient (Wildman–Crippen LogP) is 1.91. The van der Waals surface area contributed by atoms with Gasteiger partial charge in [0.15, 0.2) is 0 Å². The van der Waals surface area contributed by atoms with Crippen LogP contribution in [0.15, 0.2) is 48.7 Å². The first-order valence-electron chi connectivity index (χ1n) is 9.49. The van der Waals surface area contributed by atoms with Crippen molar-refractivity contribution in [3.8, 4) is 0 Å². The van der Waals surface area contributed by atoms with Crippen LogP contribution in [0.1, 0.15) is 31.1 Å². The van der Waals surface area contributed by atoms with Crippen molar-refractivity contribution < 1.29 is 9.66 Å². The van der Waals surface area contributed by atoms with Gasteiger partial charge in [0.1, 0.15) is 12.3 Å². The molecule has 1 aromatic carbocycles. The molecule has 1 aliphatic rings. The molecule has 1 saturated heterocycles. The van der Waals surface area contributed by atoms with Crippen molar-refractivity contribution in [1.82, 2.24) is 15.6 Å². The van der Waals surface area contributed by atoms with Gasteiger partial charge in [-0.15, -0.1) is 0 Å². The Labute approximate surface area is 164 Å². The van der Waals surface area contributed by atoms with Crippen LogP contribution in [0.4, 0.5) is 5.69 Å². The molecule has 0 radical (unpaired) electrons. The Morgan fingerprint density at radius 2 is 2.00 bits per heavy atom.